The molecule has 0 saturated carbocycles. The van der Waals surface area contributed by atoms with Gasteiger partial charge in [0.1, 0.15) is 29.0 Å². The number of nitro groups is 1. The molecule has 32 heavy (non-hydrogen) atoms. The molecule has 0 radical (unpaired) electrons. The minimum Gasteiger partial charge on any atom is -0.440 e. The van der Waals surface area contributed by atoms with Crippen molar-refractivity contribution in [1.82, 2.24) is 0 Å². The lowest BCUT2D eigenvalue weighted by molar-refractivity contribution is -0.384. The number of benzene rings is 3. The van der Waals surface area contributed by atoms with Gasteiger partial charge in [0.2, 0.25) is 5.88 Å². The first kappa shape index (κ1) is 20.6. The largest absolute Gasteiger partial charge is 0.440 e. The van der Waals surface area contributed by atoms with Crippen LogP contribution in [0.3, 0.4) is 0 Å². The maximum atomic E-state index is 13.1. The van der Waals surface area contributed by atoms with E-state index in [1.165, 1.54) is 36.4 Å². The molecule has 8 nitrogen and oxygen atoms in total. The summed E-state index contributed by atoms with van der Waals surface area (Å²) in [4.78, 5) is 22.7. The van der Waals surface area contributed by atoms with Crippen molar-refractivity contribution < 1.29 is 23.6 Å². The molecule has 0 amide bonds. The Balaban J connectivity index is 1.68. The zero-order valence-corrected chi connectivity index (χ0v) is 16.3. The molecule has 1 aliphatic heterocycles. The Labute approximate surface area is 181 Å². The van der Waals surface area contributed by atoms with Crippen molar-refractivity contribution in [2.45, 2.75) is 5.92 Å². The van der Waals surface area contributed by atoms with Crippen LogP contribution >= 0.6 is 0 Å². The number of esters is 1. The molecule has 1 unspecified atom stereocenters. The monoisotopic (exact) mass is 431 g/mol. The average molecular weight is 431 g/mol. The second kappa shape index (κ2) is 8.20. The van der Waals surface area contributed by atoms with E-state index in [2.05, 4.69) is 0 Å². The van der Waals surface area contributed by atoms with Gasteiger partial charge >= 0.3 is 5.97 Å². The van der Waals surface area contributed by atoms with Crippen LogP contribution < -0.4 is 15.2 Å². The molecule has 0 fully saturated rings. The molecular formula is C23H14FN3O5. The van der Waals surface area contributed by atoms with Gasteiger partial charge in [0, 0.05) is 23.8 Å². The number of fused-ring (bicyclic) bond motifs is 1. The summed E-state index contributed by atoms with van der Waals surface area (Å²) in [5, 5.41) is 20.6. The Morgan fingerprint density at radius 2 is 1.81 bits per heavy atom. The van der Waals surface area contributed by atoms with E-state index in [4.69, 9.17) is 15.2 Å². The Morgan fingerprint density at radius 3 is 2.44 bits per heavy atom. The van der Waals surface area contributed by atoms with Crippen molar-refractivity contribution in [2.24, 2.45) is 5.73 Å². The lowest BCUT2D eigenvalue weighted by Crippen LogP contribution is -2.21. The molecular weight excluding hydrogens is 417 g/mol. The number of non-ortho nitro benzene ring substituents is 1. The number of hydrogen-bond acceptors (Lipinski definition) is 7. The first-order chi connectivity index (χ1) is 15.4. The van der Waals surface area contributed by atoms with Crippen LogP contribution in [0.1, 0.15) is 27.4 Å². The predicted molar refractivity (Wildman–Crippen MR) is 110 cm³/mol. The smallest absolute Gasteiger partial charge is 0.343 e. The lowest BCUT2D eigenvalue weighted by atomic mass is 9.83. The molecule has 0 spiro atoms. The van der Waals surface area contributed by atoms with Gasteiger partial charge in [0.15, 0.2) is 0 Å². The van der Waals surface area contributed by atoms with Gasteiger partial charge in [-0.15, -0.1) is 0 Å². The van der Waals surface area contributed by atoms with Gasteiger partial charge in [-0.3, -0.25) is 10.1 Å². The van der Waals surface area contributed by atoms with Gasteiger partial charge in [0.25, 0.3) is 5.69 Å². The fourth-order valence-corrected chi connectivity index (χ4v) is 3.38. The Morgan fingerprint density at radius 1 is 1.12 bits per heavy atom. The Kier molecular flexibility index (Phi) is 5.27. The van der Waals surface area contributed by atoms with E-state index < -0.39 is 22.6 Å². The lowest BCUT2D eigenvalue weighted by Gasteiger charge is -2.26. The van der Waals surface area contributed by atoms with Crippen LogP contribution in [0.25, 0.3) is 0 Å². The highest BCUT2D eigenvalue weighted by molar-refractivity contribution is 5.91. The number of halogens is 1. The highest BCUT2D eigenvalue weighted by Crippen LogP contribution is 2.43. The molecule has 0 saturated heterocycles. The molecule has 1 atom stereocenters. The summed E-state index contributed by atoms with van der Waals surface area (Å²) >= 11 is 0. The fraction of sp³-hybridized carbons (Fsp3) is 0.0435. The molecule has 9 heteroatoms. The quantitative estimate of drug-likeness (QED) is 0.284. The van der Waals surface area contributed by atoms with Crippen LogP contribution in [-0.2, 0) is 0 Å². The van der Waals surface area contributed by atoms with E-state index in [9.17, 15) is 24.6 Å². The molecule has 1 aliphatic rings. The predicted octanol–water partition coefficient (Wildman–Crippen LogP) is 4.17. The molecule has 158 valence electrons. The van der Waals surface area contributed by atoms with Crippen molar-refractivity contribution in [3.63, 3.8) is 0 Å². The van der Waals surface area contributed by atoms with Crippen LogP contribution in [0.4, 0.5) is 10.1 Å². The molecule has 4 rings (SSSR count). The van der Waals surface area contributed by atoms with Crippen LogP contribution in [0.15, 0.2) is 78.2 Å². The Hall–Kier alpha value is -4.71. The highest BCUT2D eigenvalue weighted by Gasteiger charge is 2.31. The van der Waals surface area contributed by atoms with E-state index >= 15 is 0 Å². The molecule has 3 aromatic carbocycles. The summed E-state index contributed by atoms with van der Waals surface area (Å²) in [5.74, 6) is -1.47. The minimum absolute atomic E-state index is 0.0838. The summed E-state index contributed by atoms with van der Waals surface area (Å²) < 4.78 is 24.0. The Bertz CT molecular complexity index is 1290. The van der Waals surface area contributed by atoms with Crippen molar-refractivity contribution >= 4 is 11.7 Å². The van der Waals surface area contributed by atoms with Crippen LogP contribution in [0, 0.1) is 27.3 Å². The van der Waals surface area contributed by atoms with E-state index in [0.29, 0.717) is 11.1 Å². The summed E-state index contributed by atoms with van der Waals surface area (Å²) in [6.45, 7) is 0. The standard InChI is InChI=1S/C23H14FN3O5/c24-15-5-1-14(2-6-15)23(28)31-17-9-10-18-20(11-17)32-22(26)19(12-25)21(18)13-3-7-16(8-4-13)27(29)30/h1-11,21H,26H2. The normalized spacial score (nSPS) is 14.7. The van der Waals surface area contributed by atoms with Crippen molar-refractivity contribution in [3.8, 4) is 17.6 Å². The number of nitrogens with zero attached hydrogens (tertiary/aromatic N) is 2. The number of carbonyl (C=O) groups is 1. The third kappa shape index (κ3) is 3.85. The number of hydrogen-bond donors (Lipinski definition) is 1. The zero-order chi connectivity index (χ0) is 22.8. The third-order valence-electron chi connectivity index (χ3n) is 4.92. The van der Waals surface area contributed by atoms with Gasteiger partial charge < -0.3 is 15.2 Å². The number of nitrogens with two attached hydrogens (primary N) is 1. The number of carbonyl (C=O) groups excluding carboxylic acids is 1. The van der Waals surface area contributed by atoms with Crippen molar-refractivity contribution in [2.75, 3.05) is 0 Å². The number of allylic oxidation sites excluding steroid dienone is 1. The fourth-order valence-electron chi connectivity index (χ4n) is 3.38. The molecule has 0 aliphatic carbocycles. The summed E-state index contributed by atoms with van der Waals surface area (Å²) in [5.41, 5.74) is 7.37. The van der Waals surface area contributed by atoms with Crippen molar-refractivity contribution in [1.29, 1.82) is 5.26 Å². The molecule has 0 aromatic heterocycles. The topological polar surface area (TPSA) is 128 Å². The SMILES string of the molecule is N#CC1=C(N)Oc2cc(OC(=O)c3ccc(F)cc3)ccc2C1c1ccc([N+](=O)[O-])cc1. The van der Waals surface area contributed by atoms with Gasteiger partial charge in [-0.25, -0.2) is 9.18 Å². The van der Waals surface area contributed by atoms with Crippen LogP contribution in [0.5, 0.6) is 11.5 Å². The second-order valence-corrected chi connectivity index (χ2v) is 6.87. The van der Waals surface area contributed by atoms with Crippen LogP contribution in [-0.4, -0.2) is 10.9 Å². The second-order valence-electron chi connectivity index (χ2n) is 6.87. The number of rotatable bonds is 4. The zero-order valence-electron chi connectivity index (χ0n) is 16.3. The summed E-state index contributed by atoms with van der Waals surface area (Å²) in [7, 11) is 0. The number of nitro benzene ring substituents is 1. The maximum Gasteiger partial charge on any atom is 0.343 e. The van der Waals surface area contributed by atoms with Crippen molar-refractivity contribution in [3.05, 3.63) is 111 Å². The molecule has 0 bridgehead atoms. The highest BCUT2D eigenvalue weighted by atomic mass is 19.1. The van der Waals surface area contributed by atoms with Gasteiger partial charge in [-0.1, -0.05) is 18.2 Å². The van der Waals surface area contributed by atoms with Crippen LogP contribution in [0.2, 0.25) is 0 Å². The van der Waals surface area contributed by atoms with E-state index in [-0.39, 0.29) is 34.2 Å². The molecule has 3 aromatic rings. The number of ether oxygens (including phenoxy) is 2. The first-order valence-electron chi connectivity index (χ1n) is 9.31. The average Bonchev–Trinajstić information content (AvgIpc) is 2.78. The maximum absolute atomic E-state index is 13.1. The minimum atomic E-state index is -0.686. The molecule has 1 heterocycles. The van der Waals surface area contributed by atoms with E-state index in [0.717, 1.165) is 12.1 Å². The van der Waals surface area contributed by atoms with Gasteiger partial charge in [0.05, 0.1) is 16.4 Å². The van der Waals surface area contributed by atoms with Gasteiger partial charge in [-0.05, 0) is 35.9 Å². The summed E-state index contributed by atoms with van der Waals surface area (Å²) in [6, 6.07) is 17.3. The third-order valence-corrected chi connectivity index (χ3v) is 4.92. The molecule has 2 N–H and O–H groups in total. The van der Waals surface area contributed by atoms with Gasteiger partial charge in [-0.2, -0.15) is 5.26 Å². The van der Waals surface area contributed by atoms with E-state index in [1.54, 1.807) is 18.2 Å². The summed E-state index contributed by atoms with van der Waals surface area (Å²) in [6.07, 6.45) is 0. The van der Waals surface area contributed by atoms with E-state index in [1.807, 2.05) is 6.07 Å². The first-order valence-corrected chi connectivity index (χ1v) is 9.31. The number of nitriles is 1.